The van der Waals surface area contributed by atoms with E-state index in [9.17, 15) is 9.82 Å². The first-order chi connectivity index (χ1) is 13.5. The number of nitrogens with zero attached hydrogens (tertiary/aromatic N) is 2. The third-order valence-corrected chi connectivity index (χ3v) is 4.59. The monoisotopic (exact) mass is 384 g/mol. The molecule has 1 atom stereocenters. The number of hydrogen-bond acceptors (Lipinski definition) is 7. The van der Waals surface area contributed by atoms with Crippen molar-refractivity contribution in [1.29, 1.82) is 0 Å². The van der Waals surface area contributed by atoms with Gasteiger partial charge in [0, 0.05) is 18.7 Å². The summed E-state index contributed by atoms with van der Waals surface area (Å²) in [5.74, 6) is 1.40. The number of carbonyl (C=O) groups is 1. The molecule has 0 saturated heterocycles. The Balaban J connectivity index is 1.80. The molecule has 0 spiro atoms. The molecule has 1 aromatic carbocycles. The van der Waals surface area contributed by atoms with Gasteiger partial charge in [0.15, 0.2) is 0 Å². The average Bonchev–Trinajstić information content (AvgIpc) is 2.96. The van der Waals surface area contributed by atoms with Gasteiger partial charge in [0.05, 0.1) is 19.1 Å². The van der Waals surface area contributed by atoms with Crippen LogP contribution in [0.1, 0.15) is 56.2 Å². The zero-order chi connectivity index (χ0) is 20.1. The molecule has 0 fully saturated rings. The van der Waals surface area contributed by atoms with E-state index in [4.69, 9.17) is 14.1 Å². The van der Waals surface area contributed by atoms with Crippen LogP contribution in [-0.2, 0) is 20.6 Å². The summed E-state index contributed by atoms with van der Waals surface area (Å²) in [7, 11) is -1.11. The van der Waals surface area contributed by atoms with Crippen molar-refractivity contribution in [2.75, 3.05) is 6.61 Å². The van der Waals surface area contributed by atoms with E-state index in [1.807, 2.05) is 13.0 Å². The van der Waals surface area contributed by atoms with E-state index in [-0.39, 0.29) is 12.4 Å². The lowest BCUT2D eigenvalue weighted by Crippen LogP contribution is -2.28. The molecule has 2 heterocycles. The highest BCUT2D eigenvalue weighted by molar-refractivity contribution is 6.62. The van der Waals surface area contributed by atoms with Gasteiger partial charge in [0.1, 0.15) is 11.6 Å². The van der Waals surface area contributed by atoms with E-state index in [1.165, 1.54) is 0 Å². The summed E-state index contributed by atoms with van der Waals surface area (Å²) in [5, 5.41) is 10.3. The van der Waals surface area contributed by atoms with E-state index in [0.29, 0.717) is 23.7 Å². The summed E-state index contributed by atoms with van der Waals surface area (Å²) in [4.78, 5) is 20.5. The van der Waals surface area contributed by atoms with Crippen LogP contribution in [-0.4, -0.2) is 34.7 Å². The summed E-state index contributed by atoms with van der Waals surface area (Å²) in [6.07, 6.45) is 4.11. The van der Waals surface area contributed by atoms with Crippen molar-refractivity contribution in [3.05, 3.63) is 41.3 Å². The largest absolute Gasteiger partial charge is 0.492 e. The number of unbranched alkanes of at least 4 members (excludes halogenated alkanes) is 1. The molecule has 0 bridgehead atoms. The molecule has 0 radical (unpaired) electrons. The molecule has 8 heteroatoms. The van der Waals surface area contributed by atoms with E-state index >= 15 is 0 Å². The number of aromatic nitrogens is 2. The molecule has 7 nitrogen and oxygen atoms in total. The standard InChI is InChI=1S/C20H25BN2O5/c1-4-6-7-17-22-9-8-18(23-17)27-14-10-13(3)20-15(11-14)21(25)28-16(20)12-19(24)26-5-2/h8-11,16,25H,4-7,12H2,1-3H3. The Hall–Kier alpha value is -2.45. The van der Waals surface area contributed by atoms with Crippen molar-refractivity contribution in [1.82, 2.24) is 9.97 Å². The van der Waals surface area contributed by atoms with Crippen LogP contribution in [0.2, 0.25) is 0 Å². The molecule has 1 aliphatic heterocycles. The Morgan fingerprint density at radius 2 is 2.18 bits per heavy atom. The third kappa shape index (κ3) is 4.69. The number of fused-ring (bicyclic) bond motifs is 1. The minimum absolute atomic E-state index is 0.0612. The molecule has 1 aliphatic rings. The minimum atomic E-state index is -1.11. The van der Waals surface area contributed by atoms with Crippen LogP contribution in [0.5, 0.6) is 11.6 Å². The van der Waals surface area contributed by atoms with Crippen LogP contribution in [0, 0.1) is 6.92 Å². The van der Waals surface area contributed by atoms with E-state index in [0.717, 1.165) is 36.2 Å². The van der Waals surface area contributed by atoms with Gasteiger partial charge < -0.3 is 19.2 Å². The van der Waals surface area contributed by atoms with Crippen LogP contribution in [0.4, 0.5) is 0 Å². The maximum atomic E-state index is 11.8. The lowest BCUT2D eigenvalue weighted by atomic mass is 9.77. The maximum Gasteiger partial charge on any atom is 0.492 e. The van der Waals surface area contributed by atoms with Gasteiger partial charge in [-0.1, -0.05) is 13.3 Å². The van der Waals surface area contributed by atoms with Crippen LogP contribution in [0.3, 0.4) is 0 Å². The van der Waals surface area contributed by atoms with E-state index in [1.54, 1.807) is 25.3 Å². The number of esters is 1. The molecule has 1 N–H and O–H groups in total. The number of carbonyl (C=O) groups excluding carboxylic acids is 1. The Morgan fingerprint density at radius 1 is 1.36 bits per heavy atom. The van der Waals surface area contributed by atoms with Crippen molar-refractivity contribution >= 4 is 18.6 Å². The molecule has 0 amide bonds. The number of rotatable bonds is 8. The quantitative estimate of drug-likeness (QED) is 0.553. The fourth-order valence-electron chi connectivity index (χ4n) is 3.33. The Morgan fingerprint density at radius 3 is 2.93 bits per heavy atom. The fraction of sp³-hybridized carbons (Fsp3) is 0.450. The molecule has 0 aliphatic carbocycles. The first kappa shape index (κ1) is 20.3. The molecule has 28 heavy (non-hydrogen) atoms. The molecular formula is C20H25BN2O5. The molecule has 1 aromatic heterocycles. The lowest BCUT2D eigenvalue weighted by molar-refractivity contribution is -0.145. The van der Waals surface area contributed by atoms with Crippen molar-refractivity contribution < 1.29 is 23.9 Å². The number of aryl methyl sites for hydroxylation is 2. The van der Waals surface area contributed by atoms with Gasteiger partial charge >= 0.3 is 13.1 Å². The summed E-state index contributed by atoms with van der Waals surface area (Å²) in [5.41, 5.74) is 2.28. The van der Waals surface area contributed by atoms with Gasteiger partial charge in [-0.25, -0.2) is 4.98 Å². The van der Waals surface area contributed by atoms with Crippen molar-refractivity contribution in [2.45, 2.75) is 52.6 Å². The topological polar surface area (TPSA) is 90.8 Å². The number of benzene rings is 1. The van der Waals surface area contributed by atoms with Crippen LogP contribution in [0.15, 0.2) is 24.4 Å². The average molecular weight is 384 g/mol. The predicted octanol–water partition coefficient (Wildman–Crippen LogP) is 2.63. The zero-order valence-electron chi connectivity index (χ0n) is 16.5. The first-order valence-electron chi connectivity index (χ1n) is 9.65. The highest BCUT2D eigenvalue weighted by atomic mass is 16.5. The Bertz CT molecular complexity index is 845. The fourth-order valence-corrected chi connectivity index (χ4v) is 3.33. The van der Waals surface area contributed by atoms with Gasteiger partial charge in [-0.15, -0.1) is 0 Å². The summed E-state index contributed by atoms with van der Waals surface area (Å²) < 4.78 is 16.5. The van der Waals surface area contributed by atoms with Gasteiger partial charge in [-0.2, -0.15) is 4.98 Å². The van der Waals surface area contributed by atoms with Gasteiger partial charge in [-0.3, -0.25) is 4.79 Å². The Kier molecular flexibility index (Phi) is 6.64. The molecular weight excluding hydrogens is 359 g/mol. The van der Waals surface area contributed by atoms with Gasteiger partial charge in [0.25, 0.3) is 0 Å². The first-order valence-corrected chi connectivity index (χ1v) is 9.65. The second-order valence-electron chi connectivity index (χ2n) is 6.75. The van der Waals surface area contributed by atoms with Crippen molar-refractivity contribution in [2.24, 2.45) is 0 Å². The minimum Gasteiger partial charge on any atom is -0.466 e. The summed E-state index contributed by atoms with van der Waals surface area (Å²) in [6, 6.07) is 5.28. The molecule has 0 saturated carbocycles. The highest BCUT2D eigenvalue weighted by Gasteiger charge is 2.38. The third-order valence-electron chi connectivity index (χ3n) is 4.59. The van der Waals surface area contributed by atoms with Gasteiger partial charge in [-0.05, 0) is 49.0 Å². The highest BCUT2D eigenvalue weighted by Crippen LogP contribution is 2.33. The Labute approximate surface area is 165 Å². The summed E-state index contributed by atoms with van der Waals surface area (Å²) >= 11 is 0. The maximum absolute atomic E-state index is 11.8. The van der Waals surface area contributed by atoms with Crippen molar-refractivity contribution in [3.63, 3.8) is 0 Å². The second kappa shape index (κ2) is 9.17. The predicted molar refractivity (Wildman–Crippen MR) is 105 cm³/mol. The summed E-state index contributed by atoms with van der Waals surface area (Å²) in [6.45, 7) is 6.09. The van der Waals surface area contributed by atoms with E-state index in [2.05, 4.69) is 16.9 Å². The van der Waals surface area contributed by atoms with Crippen LogP contribution >= 0.6 is 0 Å². The SMILES string of the molecule is CCCCc1nccc(Oc2cc(C)c3c(c2)B(O)OC3CC(=O)OCC)n1. The smallest absolute Gasteiger partial charge is 0.466 e. The zero-order valence-corrected chi connectivity index (χ0v) is 16.5. The van der Waals surface area contributed by atoms with Crippen LogP contribution < -0.4 is 10.2 Å². The van der Waals surface area contributed by atoms with Crippen LogP contribution in [0.25, 0.3) is 0 Å². The lowest BCUT2D eigenvalue weighted by Gasteiger charge is -2.14. The van der Waals surface area contributed by atoms with E-state index < -0.39 is 13.2 Å². The number of ether oxygens (including phenoxy) is 2. The van der Waals surface area contributed by atoms with Gasteiger partial charge in [0.2, 0.25) is 5.88 Å². The molecule has 1 unspecified atom stereocenters. The second-order valence-corrected chi connectivity index (χ2v) is 6.75. The number of hydrogen-bond donors (Lipinski definition) is 1. The molecule has 2 aromatic rings. The normalized spacial score (nSPS) is 15.4. The molecule has 3 rings (SSSR count). The van der Waals surface area contributed by atoms with Crippen molar-refractivity contribution in [3.8, 4) is 11.6 Å². The molecule has 148 valence electrons.